The molecule has 0 saturated heterocycles. The monoisotopic (exact) mass is 513 g/mol. The number of fused-ring (bicyclic) bond motifs is 6. The molecule has 3 atom stereocenters. The summed E-state index contributed by atoms with van der Waals surface area (Å²) in [5.74, 6) is -0.360. The zero-order valence-electron chi connectivity index (χ0n) is 21.1. The second-order valence-corrected chi connectivity index (χ2v) is 10.6. The predicted molar refractivity (Wildman–Crippen MR) is 142 cm³/mol. The van der Waals surface area contributed by atoms with Crippen molar-refractivity contribution in [3.63, 3.8) is 0 Å². The summed E-state index contributed by atoms with van der Waals surface area (Å²) < 4.78 is 10.5. The molecule has 4 aromatic rings. The number of benzene rings is 2. The third-order valence-corrected chi connectivity index (χ3v) is 8.28. The lowest BCUT2D eigenvalue weighted by molar-refractivity contribution is -0.131. The van der Waals surface area contributed by atoms with Gasteiger partial charge in [-0.15, -0.1) is 0 Å². The topological polar surface area (TPSA) is 90.5 Å². The average Bonchev–Trinajstić information content (AvgIpc) is 3.37. The van der Waals surface area contributed by atoms with Gasteiger partial charge in [0.2, 0.25) is 11.6 Å². The maximum atomic E-state index is 13.9. The molecule has 2 aliphatic rings. The zero-order valence-corrected chi connectivity index (χ0v) is 21.9. The molecular weight excluding hydrogens is 486 g/mol. The fraction of sp³-hybridized carbons (Fsp3) is 0.286. The largest absolute Gasteiger partial charge is 0.465 e. The van der Waals surface area contributed by atoms with Crippen molar-refractivity contribution in [3.05, 3.63) is 96.8 Å². The van der Waals surface area contributed by atoms with E-state index in [0.29, 0.717) is 15.1 Å². The normalized spacial score (nSPS) is 22.0. The Morgan fingerprint density at radius 2 is 1.95 bits per heavy atom. The molecule has 2 aromatic heterocycles. The smallest absolute Gasteiger partial charge is 0.270 e. The maximum Gasteiger partial charge on any atom is 0.270 e. The molecule has 1 N–H and O–H groups in total. The Morgan fingerprint density at radius 3 is 2.70 bits per heavy atom. The summed E-state index contributed by atoms with van der Waals surface area (Å²) >= 11 is 1.31. The lowest BCUT2D eigenvalue weighted by Crippen LogP contribution is -2.59. The number of nitrogens with one attached hydrogen (secondary N) is 1. The van der Waals surface area contributed by atoms with Crippen molar-refractivity contribution in [2.45, 2.75) is 46.0 Å². The van der Waals surface area contributed by atoms with Crippen molar-refractivity contribution < 1.29 is 9.53 Å². The Morgan fingerprint density at radius 1 is 1.19 bits per heavy atom. The van der Waals surface area contributed by atoms with Crippen LogP contribution in [-0.2, 0) is 11.3 Å². The summed E-state index contributed by atoms with van der Waals surface area (Å²) in [6, 6.07) is 14.6. The number of rotatable bonds is 4. The van der Waals surface area contributed by atoms with Gasteiger partial charge in [0.05, 0.1) is 16.8 Å². The predicted octanol–water partition coefficient (Wildman–Crippen LogP) is 3.16. The number of hydrogen-bond donors (Lipinski definition) is 1. The molecule has 8 nitrogen and oxygen atoms in total. The Labute approximate surface area is 217 Å². The highest BCUT2D eigenvalue weighted by Crippen LogP contribution is 2.47. The van der Waals surface area contributed by atoms with Gasteiger partial charge in [-0.1, -0.05) is 47.7 Å². The molecule has 0 radical (unpaired) electrons. The van der Waals surface area contributed by atoms with Crippen molar-refractivity contribution in [2.24, 2.45) is 10.9 Å². The van der Waals surface area contributed by atoms with Crippen LogP contribution >= 0.6 is 11.3 Å². The van der Waals surface area contributed by atoms with Gasteiger partial charge in [-0.25, -0.2) is 4.99 Å². The summed E-state index contributed by atoms with van der Waals surface area (Å²) in [4.78, 5) is 33.2. The first kappa shape index (κ1) is 23.4. The maximum absolute atomic E-state index is 13.9. The second-order valence-electron chi connectivity index (χ2n) is 9.60. The number of carbonyl (C=O) groups is 1. The number of aryl methyl sites for hydroxylation is 2. The highest BCUT2D eigenvalue weighted by molar-refractivity contribution is 7.07. The molecule has 37 heavy (non-hydrogen) atoms. The molecule has 9 heteroatoms. The second kappa shape index (κ2) is 8.55. The van der Waals surface area contributed by atoms with Crippen LogP contribution < -0.4 is 24.9 Å². The highest BCUT2D eigenvalue weighted by Gasteiger charge is 2.55. The van der Waals surface area contributed by atoms with Crippen molar-refractivity contribution in [3.8, 4) is 5.75 Å². The molecule has 2 aromatic carbocycles. The van der Waals surface area contributed by atoms with Crippen LogP contribution in [0.15, 0.2) is 64.5 Å². The first-order chi connectivity index (χ1) is 17.8. The summed E-state index contributed by atoms with van der Waals surface area (Å²) in [6.07, 6.45) is 3.64. The number of ether oxygens (including phenoxy) is 1. The van der Waals surface area contributed by atoms with E-state index in [1.54, 1.807) is 10.8 Å². The third-order valence-electron chi connectivity index (χ3n) is 7.29. The number of carbonyl (C=O) groups excluding carboxylic acids is 1. The molecule has 0 saturated carbocycles. The zero-order chi connectivity index (χ0) is 25.9. The van der Waals surface area contributed by atoms with Gasteiger partial charge in [0, 0.05) is 29.1 Å². The van der Waals surface area contributed by atoms with Crippen LogP contribution in [0.5, 0.6) is 5.75 Å². The molecule has 0 spiro atoms. The SMILES string of the molecule is CCn1ncc(/C=c2/sc3n(c2=O)[C@H]2c4ccccc4O[C@@](C)(N=3)[C@H]2C(=O)Nc2ccccc2C)c1C. The fourth-order valence-electron chi connectivity index (χ4n) is 5.33. The number of nitrogens with zero attached hydrogens (tertiary/aromatic N) is 4. The number of para-hydroxylation sites is 2. The summed E-state index contributed by atoms with van der Waals surface area (Å²) in [5, 5.41) is 7.47. The lowest BCUT2D eigenvalue weighted by atomic mass is 9.80. The van der Waals surface area contributed by atoms with E-state index in [1.807, 2.05) is 87.0 Å². The standard InChI is InChI=1S/C28H27N5O3S/c1-5-32-17(3)18(15-29-32)14-22-26(35)33-24-19-11-7-9-13-21(19)36-28(4,31-27(33)37-22)23(24)25(34)30-20-12-8-6-10-16(20)2/h6-15,23-24H,5H2,1-4H3,(H,30,34)/b22-14+/t23-,24+,28-/m1/s1. The Kier molecular flexibility index (Phi) is 5.41. The van der Waals surface area contributed by atoms with Crippen molar-refractivity contribution in [1.82, 2.24) is 14.3 Å². The molecule has 1 amide bonds. The minimum atomic E-state index is -1.18. The number of thiazole rings is 1. The molecule has 0 unspecified atom stereocenters. The van der Waals surface area contributed by atoms with Crippen LogP contribution in [0.4, 0.5) is 5.69 Å². The van der Waals surface area contributed by atoms with Crippen LogP contribution in [0, 0.1) is 19.8 Å². The molecule has 4 heterocycles. The Balaban J connectivity index is 1.54. The van der Waals surface area contributed by atoms with Gasteiger partial charge in [0.25, 0.3) is 5.56 Å². The fourth-order valence-corrected chi connectivity index (χ4v) is 6.42. The van der Waals surface area contributed by atoms with E-state index in [2.05, 4.69) is 10.4 Å². The van der Waals surface area contributed by atoms with Gasteiger partial charge in [-0.3, -0.25) is 18.8 Å². The van der Waals surface area contributed by atoms with Crippen LogP contribution in [0.1, 0.15) is 42.3 Å². The van der Waals surface area contributed by atoms with Crippen LogP contribution in [0.25, 0.3) is 6.08 Å². The number of anilines is 1. The molecule has 6 rings (SSSR count). The average molecular weight is 514 g/mol. The van der Waals surface area contributed by atoms with Gasteiger partial charge in [-0.2, -0.15) is 5.10 Å². The van der Waals surface area contributed by atoms with Gasteiger partial charge in [-0.05, 0) is 51.5 Å². The van der Waals surface area contributed by atoms with Gasteiger partial charge < -0.3 is 10.1 Å². The van der Waals surface area contributed by atoms with E-state index in [-0.39, 0.29) is 11.5 Å². The number of hydrogen-bond acceptors (Lipinski definition) is 6. The Hall–Kier alpha value is -3.98. The van der Waals surface area contributed by atoms with Crippen LogP contribution in [-0.4, -0.2) is 26.0 Å². The summed E-state index contributed by atoms with van der Waals surface area (Å²) in [6.45, 7) is 8.54. The minimum Gasteiger partial charge on any atom is -0.465 e. The van der Waals surface area contributed by atoms with Gasteiger partial charge in [0.1, 0.15) is 11.7 Å². The quantitative estimate of drug-likeness (QED) is 0.454. The van der Waals surface area contributed by atoms with Crippen molar-refractivity contribution in [2.75, 3.05) is 5.32 Å². The van der Waals surface area contributed by atoms with E-state index < -0.39 is 17.7 Å². The molecule has 2 aliphatic heterocycles. The van der Waals surface area contributed by atoms with Crippen molar-refractivity contribution in [1.29, 1.82) is 0 Å². The van der Waals surface area contributed by atoms with E-state index in [4.69, 9.17) is 9.73 Å². The molecule has 0 fully saturated rings. The number of amides is 1. The summed E-state index contributed by atoms with van der Waals surface area (Å²) in [5.41, 5.74) is 3.00. The van der Waals surface area contributed by atoms with Gasteiger partial charge in [0.15, 0.2) is 4.80 Å². The van der Waals surface area contributed by atoms with Crippen molar-refractivity contribution >= 4 is 29.0 Å². The molecule has 2 bridgehead atoms. The molecule has 188 valence electrons. The van der Waals surface area contributed by atoms with Crippen LogP contribution in [0.3, 0.4) is 0 Å². The Bertz CT molecular complexity index is 1730. The van der Waals surface area contributed by atoms with E-state index >= 15 is 0 Å². The third kappa shape index (κ3) is 3.64. The highest BCUT2D eigenvalue weighted by atomic mass is 32.1. The van der Waals surface area contributed by atoms with Crippen LogP contribution in [0.2, 0.25) is 0 Å². The first-order valence-corrected chi connectivity index (χ1v) is 13.1. The van der Waals surface area contributed by atoms with Gasteiger partial charge >= 0.3 is 0 Å². The minimum absolute atomic E-state index is 0.176. The van der Waals surface area contributed by atoms with E-state index in [1.165, 1.54) is 11.3 Å². The summed E-state index contributed by atoms with van der Waals surface area (Å²) in [7, 11) is 0. The molecule has 0 aliphatic carbocycles. The molecular formula is C28H27N5O3S. The van der Waals surface area contributed by atoms with E-state index in [9.17, 15) is 9.59 Å². The number of aromatic nitrogens is 3. The lowest BCUT2D eigenvalue weighted by Gasteiger charge is -2.45. The van der Waals surface area contributed by atoms with E-state index in [0.717, 1.165) is 34.6 Å². The first-order valence-electron chi connectivity index (χ1n) is 12.3.